The molecule has 0 aromatic heterocycles. The van der Waals surface area contributed by atoms with E-state index >= 15 is 0 Å². The zero-order valence-corrected chi connectivity index (χ0v) is 12.0. The molecule has 0 aromatic carbocycles. The van der Waals surface area contributed by atoms with E-state index in [-0.39, 0.29) is 0 Å². The highest BCUT2D eigenvalue weighted by molar-refractivity contribution is 4.91. The standard InChI is InChI=1S/C15H30N2/c1-5-17(12-13(2)3)10-8-14(4)15-7-6-9-16-11-15/h14-16H,2,5-12H2,1,3-4H3. The number of piperidine rings is 1. The molecule has 0 saturated carbocycles. The van der Waals surface area contributed by atoms with E-state index in [0.717, 1.165) is 24.9 Å². The highest BCUT2D eigenvalue weighted by Gasteiger charge is 2.20. The van der Waals surface area contributed by atoms with Crippen molar-refractivity contribution in [2.75, 3.05) is 32.7 Å². The summed E-state index contributed by atoms with van der Waals surface area (Å²) in [6.45, 7) is 16.7. The number of hydrogen-bond acceptors (Lipinski definition) is 2. The Balaban J connectivity index is 2.24. The maximum Gasteiger partial charge on any atom is 0.0187 e. The van der Waals surface area contributed by atoms with E-state index in [4.69, 9.17) is 0 Å². The van der Waals surface area contributed by atoms with Gasteiger partial charge in [0.05, 0.1) is 0 Å². The van der Waals surface area contributed by atoms with Crippen LogP contribution in [0.25, 0.3) is 0 Å². The lowest BCUT2D eigenvalue weighted by atomic mass is 9.85. The third-order valence-corrected chi connectivity index (χ3v) is 3.98. The summed E-state index contributed by atoms with van der Waals surface area (Å²) in [5, 5.41) is 3.52. The van der Waals surface area contributed by atoms with Gasteiger partial charge in [-0.15, -0.1) is 0 Å². The van der Waals surface area contributed by atoms with Crippen LogP contribution in [-0.2, 0) is 0 Å². The molecule has 0 spiro atoms. The van der Waals surface area contributed by atoms with Gasteiger partial charge in [0.15, 0.2) is 0 Å². The molecule has 100 valence electrons. The number of likely N-dealkylation sites (N-methyl/N-ethyl adjacent to an activating group) is 1. The van der Waals surface area contributed by atoms with Crippen LogP contribution < -0.4 is 5.32 Å². The fraction of sp³-hybridized carbons (Fsp3) is 0.867. The van der Waals surface area contributed by atoms with E-state index in [1.807, 2.05) is 0 Å². The summed E-state index contributed by atoms with van der Waals surface area (Å²) >= 11 is 0. The van der Waals surface area contributed by atoms with Gasteiger partial charge >= 0.3 is 0 Å². The molecule has 2 nitrogen and oxygen atoms in total. The summed E-state index contributed by atoms with van der Waals surface area (Å²) in [6, 6.07) is 0. The Morgan fingerprint density at radius 3 is 2.82 bits per heavy atom. The van der Waals surface area contributed by atoms with Crippen molar-refractivity contribution in [1.82, 2.24) is 10.2 Å². The van der Waals surface area contributed by atoms with Crippen LogP contribution in [0.15, 0.2) is 12.2 Å². The first-order chi connectivity index (χ1) is 8.13. The Morgan fingerprint density at radius 1 is 1.53 bits per heavy atom. The molecule has 2 atom stereocenters. The van der Waals surface area contributed by atoms with Gasteiger partial charge in [0.25, 0.3) is 0 Å². The van der Waals surface area contributed by atoms with E-state index in [9.17, 15) is 0 Å². The molecule has 1 saturated heterocycles. The van der Waals surface area contributed by atoms with E-state index in [0.29, 0.717) is 0 Å². The van der Waals surface area contributed by atoms with Gasteiger partial charge in [-0.3, -0.25) is 4.90 Å². The second-order valence-corrected chi connectivity index (χ2v) is 5.70. The minimum atomic E-state index is 0.849. The first kappa shape index (κ1) is 14.7. The van der Waals surface area contributed by atoms with Crippen LogP contribution in [0.2, 0.25) is 0 Å². The molecule has 17 heavy (non-hydrogen) atoms. The third-order valence-electron chi connectivity index (χ3n) is 3.98. The molecule has 1 aliphatic heterocycles. The van der Waals surface area contributed by atoms with Crippen molar-refractivity contribution in [3.8, 4) is 0 Å². The second kappa shape index (κ2) is 7.88. The zero-order valence-electron chi connectivity index (χ0n) is 12.0. The van der Waals surface area contributed by atoms with Crippen molar-refractivity contribution >= 4 is 0 Å². The fourth-order valence-corrected chi connectivity index (χ4v) is 2.72. The Morgan fingerprint density at radius 2 is 2.29 bits per heavy atom. The Kier molecular flexibility index (Phi) is 6.83. The fourth-order valence-electron chi connectivity index (χ4n) is 2.72. The molecule has 0 aliphatic carbocycles. The van der Waals surface area contributed by atoms with Crippen LogP contribution in [0.4, 0.5) is 0 Å². The highest BCUT2D eigenvalue weighted by atomic mass is 15.1. The average molecular weight is 238 g/mol. The van der Waals surface area contributed by atoms with Crippen LogP contribution >= 0.6 is 0 Å². The van der Waals surface area contributed by atoms with E-state index in [1.165, 1.54) is 44.5 Å². The molecular weight excluding hydrogens is 208 g/mol. The van der Waals surface area contributed by atoms with Crippen LogP contribution in [0.1, 0.15) is 40.0 Å². The number of nitrogens with one attached hydrogen (secondary N) is 1. The van der Waals surface area contributed by atoms with Gasteiger partial charge in [-0.1, -0.05) is 26.0 Å². The van der Waals surface area contributed by atoms with E-state index < -0.39 is 0 Å². The van der Waals surface area contributed by atoms with Crippen molar-refractivity contribution in [3.05, 3.63) is 12.2 Å². The maximum absolute atomic E-state index is 4.01. The summed E-state index contributed by atoms with van der Waals surface area (Å²) in [6.07, 6.45) is 4.10. The molecule has 0 aromatic rings. The topological polar surface area (TPSA) is 15.3 Å². The summed E-state index contributed by atoms with van der Waals surface area (Å²) in [4.78, 5) is 2.51. The van der Waals surface area contributed by atoms with Gasteiger partial charge < -0.3 is 5.32 Å². The minimum absolute atomic E-state index is 0.849. The van der Waals surface area contributed by atoms with Crippen molar-refractivity contribution in [1.29, 1.82) is 0 Å². The monoisotopic (exact) mass is 238 g/mol. The zero-order chi connectivity index (χ0) is 12.7. The maximum atomic E-state index is 4.01. The summed E-state index contributed by atoms with van der Waals surface area (Å²) in [5.41, 5.74) is 1.28. The predicted octanol–water partition coefficient (Wildman–Crippen LogP) is 2.91. The summed E-state index contributed by atoms with van der Waals surface area (Å²) in [5.74, 6) is 1.74. The molecule has 1 N–H and O–H groups in total. The molecular formula is C15H30N2. The lowest BCUT2D eigenvalue weighted by Gasteiger charge is -2.30. The minimum Gasteiger partial charge on any atom is -0.316 e. The van der Waals surface area contributed by atoms with Crippen molar-refractivity contribution in [2.24, 2.45) is 11.8 Å². The summed E-state index contributed by atoms with van der Waals surface area (Å²) in [7, 11) is 0. The second-order valence-electron chi connectivity index (χ2n) is 5.70. The van der Waals surface area contributed by atoms with Crippen LogP contribution in [0, 0.1) is 11.8 Å². The molecule has 1 rings (SSSR count). The van der Waals surface area contributed by atoms with Gasteiger partial charge in [-0.2, -0.15) is 0 Å². The average Bonchev–Trinajstić information content (AvgIpc) is 2.34. The van der Waals surface area contributed by atoms with Crippen molar-refractivity contribution < 1.29 is 0 Å². The summed E-state index contributed by atoms with van der Waals surface area (Å²) < 4.78 is 0. The smallest absolute Gasteiger partial charge is 0.0187 e. The van der Waals surface area contributed by atoms with Crippen LogP contribution in [-0.4, -0.2) is 37.6 Å². The molecule has 0 radical (unpaired) electrons. The molecule has 0 bridgehead atoms. The van der Waals surface area contributed by atoms with Crippen molar-refractivity contribution in [3.63, 3.8) is 0 Å². The Bertz CT molecular complexity index is 219. The lowest BCUT2D eigenvalue weighted by molar-refractivity contribution is 0.225. The van der Waals surface area contributed by atoms with Crippen molar-refractivity contribution in [2.45, 2.75) is 40.0 Å². The Labute approximate surface area is 107 Å². The lowest BCUT2D eigenvalue weighted by Crippen LogP contribution is -2.35. The third kappa shape index (κ3) is 5.69. The predicted molar refractivity (Wildman–Crippen MR) is 76.3 cm³/mol. The highest BCUT2D eigenvalue weighted by Crippen LogP contribution is 2.22. The largest absolute Gasteiger partial charge is 0.316 e. The van der Waals surface area contributed by atoms with Gasteiger partial charge in [0.2, 0.25) is 0 Å². The van der Waals surface area contributed by atoms with E-state index in [1.54, 1.807) is 0 Å². The first-order valence-corrected chi connectivity index (χ1v) is 7.21. The SMILES string of the molecule is C=C(C)CN(CC)CCC(C)C1CCCNC1. The molecule has 1 aliphatic rings. The molecule has 0 amide bonds. The van der Waals surface area contributed by atoms with Gasteiger partial charge in [-0.05, 0) is 64.2 Å². The van der Waals surface area contributed by atoms with Crippen LogP contribution in [0.5, 0.6) is 0 Å². The van der Waals surface area contributed by atoms with Gasteiger partial charge in [0, 0.05) is 6.54 Å². The van der Waals surface area contributed by atoms with Gasteiger partial charge in [-0.25, -0.2) is 0 Å². The number of nitrogens with zero attached hydrogens (tertiary/aromatic N) is 1. The number of hydrogen-bond donors (Lipinski definition) is 1. The quantitative estimate of drug-likeness (QED) is 0.686. The molecule has 1 heterocycles. The van der Waals surface area contributed by atoms with E-state index in [2.05, 4.69) is 37.6 Å². The number of rotatable bonds is 7. The van der Waals surface area contributed by atoms with Crippen LogP contribution in [0.3, 0.4) is 0 Å². The normalized spacial score (nSPS) is 22.7. The molecule has 1 fully saturated rings. The molecule has 2 unspecified atom stereocenters. The first-order valence-electron chi connectivity index (χ1n) is 7.21. The Hall–Kier alpha value is -0.340. The molecule has 2 heteroatoms. The van der Waals surface area contributed by atoms with Gasteiger partial charge in [0.1, 0.15) is 0 Å².